The Morgan fingerprint density at radius 1 is 1.00 bits per heavy atom. The fraction of sp³-hybridized carbons (Fsp3) is 0.227. The summed E-state index contributed by atoms with van der Waals surface area (Å²) >= 11 is 0. The van der Waals surface area contributed by atoms with Gasteiger partial charge in [-0.25, -0.2) is 8.78 Å². The van der Waals surface area contributed by atoms with Crippen molar-refractivity contribution in [2.24, 2.45) is 0 Å². The second-order valence-electron chi connectivity index (χ2n) is 6.88. The van der Waals surface area contributed by atoms with Gasteiger partial charge in [-0.3, -0.25) is 14.8 Å². The molecule has 4 rings (SSSR count). The Hall–Kier alpha value is -3.15. The third kappa shape index (κ3) is 3.76. The van der Waals surface area contributed by atoms with E-state index in [4.69, 9.17) is 0 Å². The fourth-order valence-corrected chi connectivity index (χ4v) is 3.68. The second-order valence-corrected chi connectivity index (χ2v) is 6.88. The SMILES string of the molecule is O=C(c1cc(F)cc(-c2cnccn2)c1)N1CCCCC1c1ccc(F)cc1. The predicted molar refractivity (Wildman–Crippen MR) is 101 cm³/mol. The molecule has 0 saturated carbocycles. The minimum atomic E-state index is -0.498. The highest BCUT2D eigenvalue weighted by Gasteiger charge is 2.29. The van der Waals surface area contributed by atoms with Gasteiger partial charge in [0.25, 0.3) is 5.91 Å². The smallest absolute Gasteiger partial charge is 0.254 e. The number of aromatic nitrogens is 2. The lowest BCUT2D eigenvalue weighted by atomic mass is 9.94. The summed E-state index contributed by atoms with van der Waals surface area (Å²) in [5.74, 6) is -1.04. The first-order chi connectivity index (χ1) is 13.6. The van der Waals surface area contributed by atoms with E-state index >= 15 is 0 Å². The molecule has 1 fully saturated rings. The minimum absolute atomic E-state index is 0.148. The molecule has 1 saturated heterocycles. The van der Waals surface area contributed by atoms with Gasteiger partial charge in [-0.1, -0.05) is 12.1 Å². The van der Waals surface area contributed by atoms with E-state index in [9.17, 15) is 13.6 Å². The second kappa shape index (κ2) is 7.84. The van der Waals surface area contributed by atoms with Gasteiger partial charge in [0.1, 0.15) is 11.6 Å². The summed E-state index contributed by atoms with van der Waals surface area (Å²) < 4.78 is 27.5. The number of halogens is 2. The molecule has 1 aliphatic rings. The number of rotatable bonds is 3. The Morgan fingerprint density at radius 2 is 1.82 bits per heavy atom. The molecule has 1 unspecified atom stereocenters. The molecule has 2 heterocycles. The molecular formula is C22H19F2N3O. The summed E-state index contributed by atoms with van der Waals surface area (Å²) in [5, 5.41) is 0. The molecular weight excluding hydrogens is 360 g/mol. The van der Waals surface area contributed by atoms with Crippen LogP contribution in [0, 0.1) is 11.6 Å². The molecule has 1 aromatic heterocycles. The van der Waals surface area contributed by atoms with E-state index in [1.54, 1.807) is 23.1 Å². The van der Waals surface area contributed by atoms with E-state index in [0.717, 1.165) is 24.8 Å². The van der Waals surface area contributed by atoms with E-state index in [1.165, 1.54) is 42.9 Å². The van der Waals surface area contributed by atoms with Gasteiger partial charge in [-0.2, -0.15) is 0 Å². The Morgan fingerprint density at radius 3 is 2.57 bits per heavy atom. The Balaban J connectivity index is 1.67. The molecule has 4 nitrogen and oxygen atoms in total. The molecule has 0 aliphatic carbocycles. The molecule has 1 atom stereocenters. The average Bonchev–Trinajstić information content (AvgIpc) is 2.74. The number of hydrogen-bond acceptors (Lipinski definition) is 3. The number of benzene rings is 2. The van der Waals surface area contributed by atoms with Crippen LogP contribution in [0.15, 0.2) is 61.1 Å². The number of hydrogen-bond donors (Lipinski definition) is 0. The van der Waals surface area contributed by atoms with E-state index in [0.29, 0.717) is 17.8 Å². The summed E-state index contributed by atoms with van der Waals surface area (Å²) in [6, 6.07) is 10.3. The van der Waals surface area contributed by atoms with Crippen molar-refractivity contribution in [3.8, 4) is 11.3 Å². The normalized spacial score (nSPS) is 16.8. The molecule has 3 aromatic rings. The maximum atomic E-state index is 14.2. The molecule has 0 spiro atoms. The molecule has 1 aliphatic heterocycles. The van der Waals surface area contributed by atoms with Gasteiger partial charge in [0.15, 0.2) is 0 Å². The third-order valence-corrected chi connectivity index (χ3v) is 5.02. The summed E-state index contributed by atoms with van der Waals surface area (Å²) in [7, 11) is 0. The summed E-state index contributed by atoms with van der Waals surface area (Å²) in [6.07, 6.45) is 7.26. The number of piperidine rings is 1. The first-order valence-electron chi connectivity index (χ1n) is 9.25. The van der Waals surface area contributed by atoms with E-state index in [2.05, 4.69) is 9.97 Å². The number of likely N-dealkylation sites (tertiary alicyclic amines) is 1. The van der Waals surface area contributed by atoms with Crippen LogP contribution >= 0.6 is 0 Å². The molecule has 0 radical (unpaired) electrons. The number of carbonyl (C=O) groups excluding carboxylic acids is 1. The minimum Gasteiger partial charge on any atom is -0.332 e. The zero-order chi connectivity index (χ0) is 19.5. The Bertz CT molecular complexity index is 977. The molecule has 0 N–H and O–H groups in total. The fourth-order valence-electron chi connectivity index (χ4n) is 3.68. The van der Waals surface area contributed by atoms with Crippen LogP contribution < -0.4 is 0 Å². The van der Waals surface area contributed by atoms with Crippen molar-refractivity contribution in [1.82, 2.24) is 14.9 Å². The van der Waals surface area contributed by atoms with Crippen molar-refractivity contribution in [3.05, 3.63) is 83.8 Å². The van der Waals surface area contributed by atoms with Crippen molar-refractivity contribution in [2.75, 3.05) is 6.54 Å². The highest BCUT2D eigenvalue weighted by Crippen LogP contribution is 2.33. The summed E-state index contributed by atoms with van der Waals surface area (Å²) in [4.78, 5) is 23.2. The first-order valence-corrected chi connectivity index (χ1v) is 9.25. The van der Waals surface area contributed by atoms with Crippen LogP contribution in [-0.4, -0.2) is 27.3 Å². The van der Waals surface area contributed by atoms with Gasteiger partial charge in [-0.05, 0) is 55.2 Å². The van der Waals surface area contributed by atoms with Gasteiger partial charge in [0, 0.05) is 30.1 Å². The first kappa shape index (κ1) is 18.2. The van der Waals surface area contributed by atoms with Crippen LogP contribution in [0.25, 0.3) is 11.3 Å². The molecule has 2 aromatic carbocycles. The topological polar surface area (TPSA) is 46.1 Å². The highest BCUT2D eigenvalue weighted by molar-refractivity contribution is 5.95. The van der Waals surface area contributed by atoms with Gasteiger partial charge < -0.3 is 4.90 Å². The van der Waals surface area contributed by atoms with Crippen LogP contribution in [0.2, 0.25) is 0 Å². The number of nitrogens with zero attached hydrogens (tertiary/aromatic N) is 3. The zero-order valence-corrected chi connectivity index (χ0v) is 15.2. The Labute approximate surface area is 161 Å². The van der Waals surface area contributed by atoms with Crippen LogP contribution in [0.1, 0.15) is 41.2 Å². The average molecular weight is 379 g/mol. The van der Waals surface area contributed by atoms with Crippen LogP contribution in [0.3, 0.4) is 0 Å². The molecule has 142 valence electrons. The van der Waals surface area contributed by atoms with Gasteiger partial charge in [-0.15, -0.1) is 0 Å². The van der Waals surface area contributed by atoms with Crippen molar-refractivity contribution in [1.29, 1.82) is 0 Å². The van der Waals surface area contributed by atoms with Crippen molar-refractivity contribution < 1.29 is 13.6 Å². The highest BCUT2D eigenvalue weighted by atomic mass is 19.1. The van der Waals surface area contributed by atoms with Crippen LogP contribution in [0.4, 0.5) is 8.78 Å². The lowest BCUT2D eigenvalue weighted by molar-refractivity contribution is 0.0611. The lowest BCUT2D eigenvalue weighted by Gasteiger charge is -2.36. The standard InChI is InChI=1S/C22H19F2N3O/c23-18-6-4-15(5-7-18)21-3-1-2-10-27(21)22(28)17-11-16(12-19(24)13-17)20-14-25-8-9-26-20/h4-9,11-14,21H,1-3,10H2. The Kier molecular flexibility index (Phi) is 5.10. The third-order valence-electron chi connectivity index (χ3n) is 5.02. The van der Waals surface area contributed by atoms with Gasteiger partial charge in [0.05, 0.1) is 17.9 Å². The van der Waals surface area contributed by atoms with Crippen LogP contribution in [0.5, 0.6) is 0 Å². The molecule has 6 heteroatoms. The van der Waals surface area contributed by atoms with E-state index in [-0.39, 0.29) is 23.3 Å². The molecule has 28 heavy (non-hydrogen) atoms. The summed E-state index contributed by atoms with van der Waals surface area (Å²) in [6.45, 7) is 0.581. The molecule has 0 bridgehead atoms. The van der Waals surface area contributed by atoms with E-state index < -0.39 is 5.82 Å². The quantitative estimate of drug-likeness (QED) is 0.657. The summed E-state index contributed by atoms with van der Waals surface area (Å²) in [5.41, 5.74) is 2.17. The lowest BCUT2D eigenvalue weighted by Crippen LogP contribution is -2.38. The number of amides is 1. The van der Waals surface area contributed by atoms with Crippen molar-refractivity contribution in [2.45, 2.75) is 25.3 Å². The maximum absolute atomic E-state index is 14.2. The zero-order valence-electron chi connectivity index (χ0n) is 15.2. The predicted octanol–water partition coefficient (Wildman–Crippen LogP) is 4.79. The molecule has 1 amide bonds. The van der Waals surface area contributed by atoms with Crippen molar-refractivity contribution in [3.63, 3.8) is 0 Å². The van der Waals surface area contributed by atoms with Crippen molar-refractivity contribution >= 4 is 5.91 Å². The van der Waals surface area contributed by atoms with Crippen LogP contribution in [-0.2, 0) is 0 Å². The van der Waals surface area contributed by atoms with Gasteiger partial charge >= 0.3 is 0 Å². The van der Waals surface area contributed by atoms with E-state index in [1.807, 2.05) is 0 Å². The monoisotopic (exact) mass is 379 g/mol. The van der Waals surface area contributed by atoms with Gasteiger partial charge in [0.2, 0.25) is 0 Å². The maximum Gasteiger partial charge on any atom is 0.254 e. The number of carbonyl (C=O) groups is 1. The largest absolute Gasteiger partial charge is 0.332 e.